The second kappa shape index (κ2) is 8.39. The average molecular weight is 405 g/mol. The fraction of sp³-hybridized carbons (Fsp3) is 0.176. The number of hydrogen-bond acceptors (Lipinski definition) is 5. The van der Waals surface area contributed by atoms with Gasteiger partial charge in [0.15, 0.2) is 0 Å². The zero-order valence-electron chi connectivity index (χ0n) is 13.8. The van der Waals surface area contributed by atoms with Crippen molar-refractivity contribution in [1.29, 1.82) is 0 Å². The normalized spacial score (nSPS) is 10.7. The Bertz CT molecular complexity index is 804. The van der Waals surface area contributed by atoms with Crippen LogP contribution in [-0.4, -0.2) is 31.1 Å². The topological polar surface area (TPSA) is 87.8 Å². The maximum atomic E-state index is 11.9. The Balaban J connectivity index is 1.92. The van der Waals surface area contributed by atoms with Gasteiger partial charge in [-0.1, -0.05) is 18.2 Å². The lowest BCUT2D eigenvalue weighted by molar-refractivity contribution is -0.384. The Morgan fingerprint density at radius 3 is 2.52 bits per heavy atom. The second-order valence-corrected chi connectivity index (χ2v) is 6.35. The molecule has 0 unspecified atom stereocenters. The van der Waals surface area contributed by atoms with Crippen molar-refractivity contribution in [3.8, 4) is 0 Å². The van der Waals surface area contributed by atoms with E-state index in [9.17, 15) is 14.9 Å². The Kier molecular flexibility index (Phi) is 6.24. The van der Waals surface area contributed by atoms with Gasteiger partial charge in [-0.25, -0.2) is 5.43 Å². The first kappa shape index (κ1) is 18.6. The first-order valence-electron chi connectivity index (χ1n) is 7.39. The van der Waals surface area contributed by atoms with Gasteiger partial charge in [0.2, 0.25) is 5.91 Å². The number of hydrazone groups is 1. The second-order valence-electron chi connectivity index (χ2n) is 5.50. The van der Waals surface area contributed by atoms with Crippen LogP contribution in [-0.2, 0) is 11.2 Å². The van der Waals surface area contributed by atoms with Crippen molar-refractivity contribution in [2.45, 2.75) is 6.42 Å². The summed E-state index contributed by atoms with van der Waals surface area (Å²) < 4.78 is 0.929. The molecule has 8 heteroatoms. The summed E-state index contributed by atoms with van der Waals surface area (Å²) in [4.78, 5) is 24.0. The van der Waals surface area contributed by atoms with E-state index in [2.05, 4.69) is 26.5 Å². The predicted octanol–water partition coefficient (Wildman–Crippen LogP) is 3.12. The van der Waals surface area contributed by atoms with E-state index < -0.39 is 4.92 Å². The van der Waals surface area contributed by atoms with Crippen LogP contribution in [0.4, 0.5) is 11.4 Å². The fourth-order valence-electron chi connectivity index (χ4n) is 2.11. The van der Waals surface area contributed by atoms with E-state index in [4.69, 9.17) is 0 Å². The SMILES string of the molecule is CN(C)c1ccc(/C=N/NC(=O)Cc2ccc([N+](=O)[O-])cc2)cc1Br. The molecule has 0 fully saturated rings. The number of halogens is 1. The highest BCUT2D eigenvalue weighted by Crippen LogP contribution is 2.25. The van der Waals surface area contributed by atoms with E-state index >= 15 is 0 Å². The zero-order valence-corrected chi connectivity index (χ0v) is 15.4. The summed E-state index contributed by atoms with van der Waals surface area (Å²) >= 11 is 3.49. The minimum atomic E-state index is -0.478. The number of carbonyl (C=O) groups excluding carboxylic acids is 1. The first-order valence-corrected chi connectivity index (χ1v) is 8.18. The molecule has 0 aliphatic heterocycles. The summed E-state index contributed by atoms with van der Waals surface area (Å²) in [6.07, 6.45) is 1.65. The smallest absolute Gasteiger partial charge is 0.269 e. The van der Waals surface area contributed by atoms with Crippen LogP contribution in [0.25, 0.3) is 0 Å². The molecule has 1 N–H and O–H groups in total. The summed E-state index contributed by atoms with van der Waals surface area (Å²) in [5.74, 6) is -0.297. The van der Waals surface area contributed by atoms with Crippen molar-refractivity contribution in [2.75, 3.05) is 19.0 Å². The number of amides is 1. The molecule has 0 aliphatic carbocycles. The number of carbonyl (C=O) groups is 1. The Hall–Kier alpha value is -2.74. The predicted molar refractivity (Wildman–Crippen MR) is 101 cm³/mol. The van der Waals surface area contributed by atoms with Gasteiger partial charge >= 0.3 is 0 Å². The molecule has 25 heavy (non-hydrogen) atoms. The molecule has 2 aromatic rings. The number of anilines is 1. The van der Waals surface area contributed by atoms with E-state index in [1.807, 2.05) is 37.2 Å². The van der Waals surface area contributed by atoms with Crippen LogP contribution in [0.15, 0.2) is 52.0 Å². The maximum absolute atomic E-state index is 11.9. The van der Waals surface area contributed by atoms with E-state index in [0.717, 1.165) is 15.7 Å². The quantitative estimate of drug-likeness (QED) is 0.455. The summed E-state index contributed by atoms with van der Waals surface area (Å²) in [5, 5.41) is 14.5. The molecule has 0 aromatic heterocycles. The molecule has 0 saturated carbocycles. The highest BCUT2D eigenvalue weighted by atomic mass is 79.9. The third-order valence-electron chi connectivity index (χ3n) is 3.37. The van der Waals surface area contributed by atoms with Crippen molar-refractivity contribution in [1.82, 2.24) is 5.43 Å². The van der Waals surface area contributed by atoms with Gasteiger partial charge in [0.25, 0.3) is 5.69 Å². The maximum Gasteiger partial charge on any atom is 0.269 e. The molecule has 0 atom stereocenters. The number of nitrogens with one attached hydrogen (secondary N) is 1. The van der Waals surface area contributed by atoms with Gasteiger partial charge in [-0.15, -0.1) is 0 Å². The number of nitrogens with zero attached hydrogens (tertiary/aromatic N) is 3. The minimum Gasteiger partial charge on any atom is -0.377 e. The van der Waals surface area contributed by atoms with E-state index in [-0.39, 0.29) is 18.0 Å². The molecule has 0 saturated heterocycles. The van der Waals surface area contributed by atoms with E-state index in [0.29, 0.717) is 5.56 Å². The van der Waals surface area contributed by atoms with Crippen LogP contribution in [0, 0.1) is 10.1 Å². The summed E-state index contributed by atoms with van der Waals surface area (Å²) in [6, 6.07) is 11.6. The standard InChI is InChI=1S/C17H17BrN4O3/c1-21(2)16-8-5-13(9-15(16)18)11-19-20-17(23)10-12-3-6-14(7-4-12)22(24)25/h3-9,11H,10H2,1-2H3,(H,20,23)/b19-11+. The Morgan fingerprint density at radius 2 is 1.96 bits per heavy atom. The molecule has 7 nitrogen and oxygen atoms in total. The number of nitro groups is 1. The molecule has 0 radical (unpaired) electrons. The van der Waals surface area contributed by atoms with Crippen molar-refractivity contribution in [3.05, 3.63) is 68.2 Å². The van der Waals surface area contributed by atoms with Gasteiger partial charge in [-0.2, -0.15) is 5.10 Å². The zero-order chi connectivity index (χ0) is 18.4. The van der Waals surface area contributed by atoms with Crippen LogP contribution in [0.2, 0.25) is 0 Å². The Labute approximate surface area is 153 Å². The number of hydrogen-bond donors (Lipinski definition) is 1. The first-order chi connectivity index (χ1) is 11.9. The van der Waals surface area contributed by atoms with Crippen LogP contribution in [0.1, 0.15) is 11.1 Å². The molecular weight excluding hydrogens is 388 g/mol. The lowest BCUT2D eigenvalue weighted by Gasteiger charge is -2.14. The average Bonchev–Trinajstić information content (AvgIpc) is 2.55. The molecule has 2 aromatic carbocycles. The summed E-state index contributed by atoms with van der Waals surface area (Å²) in [6.45, 7) is 0. The van der Waals surface area contributed by atoms with Gasteiger partial charge in [0, 0.05) is 30.7 Å². The molecule has 1 amide bonds. The van der Waals surface area contributed by atoms with Crippen LogP contribution >= 0.6 is 15.9 Å². The van der Waals surface area contributed by atoms with Crippen LogP contribution in [0.5, 0.6) is 0 Å². The van der Waals surface area contributed by atoms with Crippen molar-refractivity contribution >= 4 is 39.4 Å². The molecule has 0 heterocycles. The Morgan fingerprint density at radius 1 is 1.28 bits per heavy atom. The monoisotopic (exact) mass is 404 g/mol. The van der Waals surface area contributed by atoms with Crippen molar-refractivity contribution in [3.63, 3.8) is 0 Å². The minimum absolute atomic E-state index is 0.00562. The molecule has 130 valence electrons. The fourth-order valence-corrected chi connectivity index (χ4v) is 2.86. The lowest BCUT2D eigenvalue weighted by atomic mass is 10.1. The third kappa shape index (κ3) is 5.39. The lowest BCUT2D eigenvalue weighted by Crippen LogP contribution is -2.19. The molecular formula is C17H17BrN4O3. The third-order valence-corrected chi connectivity index (χ3v) is 4.00. The van der Waals surface area contributed by atoms with E-state index in [1.54, 1.807) is 18.3 Å². The molecule has 0 spiro atoms. The highest BCUT2D eigenvalue weighted by Gasteiger charge is 2.07. The number of benzene rings is 2. The summed E-state index contributed by atoms with van der Waals surface area (Å²) in [7, 11) is 3.90. The van der Waals surface area contributed by atoms with Gasteiger partial charge in [0.1, 0.15) is 0 Å². The van der Waals surface area contributed by atoms with Crippen LogP contribution < -0.4 is 10.3 Å². The van der Waals surface area contributed by atoms with Gasteiger partial charge < -0.3 is 4.90 Å². The van der Waals surface area contributed by atoms with Crippen molar-refractivity contribution in [2.24, 2.45) is 5.10 Å². The van der Waals surface area contributed by atoms with Crippen LogP contribution in [0.3, 0.4) is 0 Å². The number of rotatable bonds is 6. The van der Waals surface area contributed by atoms with Gasteiger partial charge in [-0.05, 0) is 39.2 Å². The summed E-state index contributed by atoms with van der Waals surface area (Å²) in [5.41, 5.74) is 5.00. The molecule has 2 rings (SSSR count). The van der Waals surface area contributed by atoms with Crippen molar-refractivity contribution < 1.29 is 9.72 Å². The number of nitro benzene ring substituents is 1. The highest BCUT2D eigenvalue weighted by molar-refractivity contribution is 9.10. The van der Waals surface area contributed by atoms with Gasteiger partial charge in [0.05, 0.1) is 23.2 Å². The van der Waals surface area contributed by atoms with E-state index in [1.165, 1.54) is 12.1 Å². The molecule has 0 bridgehead atoms. The molecule has 0 aliphatic rings. The largest absolute Gasteiger partial charge is 0.377 e. The van der Waals surface area contributed by atoms with Gasteiger partial charge in [-0.3, -0.25) is 14.9 Å². The number of non-ortho nitro benzene ring substituents is 1.